The summed E-state index contributed by atoms with van der Waals surface area (Å²) in [5, 5.41) is 18.1. The van der Waals surface area contributed by atoms with Crippen molar-refractivity contribution in [2.24, 2.45) is 52.1 Å². The highest BCUT2D eigenvalue weighted by molar-refractivity contribution is 5.28. The van der Waals surface area contributed by atoms with Crippen molar-refractivity contribution in [3.63, 3.8) is 0 Å². The molecule has 4 aliphatic rings. The second-order valence-corrected chi connectivity index (χ2v) is 13.8. The molecule has 0 heterocycles. The summed E-state index contributed by atoms with van der Waals surface area (Å²) < 4.78 is 0. The molecule has 3 saturated carbocycles. The van der Waals surface area contributed by atoms with Crippen molar-refractivity contribution < 1.29 is 5.11 Å². The second kappa shape index (κ2) is 11.5. The zero-order valence-corrected chi connectivity index (χ0v) is 23.6. The minimum absolute atomic E-state index is 0.193. The van der Waals surface area contributed by atoms with Gasteiger partial charge in [-0.05, 0) is 85.9 Å². The van der Waals surface area contributed by atoms with Crippen LogP contribution in [0.2, 0.25) is 0 Å². The third-order valence-corrected chi connectivity index (χ3v) is 11.4. The number of aliphatic hydroxyl groups is 1. The number of allylic oxidation sites excluding steroid dienone is 1. The molecule has 0 aromatic rings. The summed E-state index contributed by atoms with van der Waals surface area (Å²) in [6.07, 6.45) is 15.3. The van der Waals surface area contributed by atoms with Crippen molar-refractivity contribution in [2.45, 2.75) is 111 Å². The Hall–Kier alpha value is -0.420. The van der Waals surface area contributed by atoms with Gasteiger partial charge in [-0.3, -0.25) is 0 Å². The van der Waals surface area contributed by atoms with Crippen molar-refractivity contribution >= 4 is 0 Å². The first-order chi connectivity index (χ1) is 16.7. The average molecular weight is 488 g/mol. The minimum atomic E-state index is -0.197. The number of fused-ring (bicyclic) bond motifs is 5. The molecule has 4 nitrogen and oxygen atoms in total. The van der Waals surface area contributed by atoms with Gasteiger partial charge in [0.05, 0.1) is 6.10 Å². The predicted molar refractivity (Wildman–Crippen MR) is 148 cm³/mol. The lowest BCUT2D eigenvalue weighted by atomic mass is 9.46. The maximum Gasteiger partial charge on any atom is 0.0592 e. The predicted octanol–water partition coefficient (Wildman–Crippen LogP) is 5.51. The van der Waals surface area contributed by atoms with Crippen molar-refractivity contribution in [3.8, 4) is 0 Å². The molecule has 4 heteroatoms. The number of nitrogens with two attached hydrogens (primary N) is 1. The van der Waals surface area contributed by atoms with Crippen LogP contribution in [0.25, 0.3) is 0 Å². The molecule has 0 spiro atoms. The van der Waals surface area contributed by atoms with Crippen LogP contribution in [-0.2, 0) is 0 Å². The van der Waals surface area contributed by atoms with E-state index in [9.17, 15) is 5.11 Å². The summed E-state index contributed by atoms with van der Waals surface area (Å²) in [6, 6.07) is 0.376. The quantitative estimate of drug-likeness (QED) is 0.229. The zero-order valence-electron chi connectivity index (χ0n) is 23.6. The summed E-state index contributed by atoms with van der Waals surface area (Å²) >= 11 is 0. The molecule has 0 amide bonds. The Balaban J connectivity index is 1.48. The molecule has 1 unspecified atom stereocenters. The number of hydrogen-bond acceptors (Lipinski definition) is 4. The van der Waals surface area contributed by atoms with E-state index < -0.39 is 0 Å². The summed E-state index contributed by atoms with van der Waals surface area (Å²) in [7, 11) is 0. The van der Waals surface area contributed by atoms with Crippen LogP contribution in [0.5, 0.6) is 0 Å². The van der Waals surface area contributed by atoms with Crippen molar-refractivity contribution in [2.75, 3.05) is 26.2 Å². The standard InChI is InChI=1S/C31H57N3O/c1-21(2)7-6-8-22(3)26-11-12-27-25-10-9-23-19-24(35)20-29(34-18-17-33-16-15-32)31(23,5)28(25)13-14-30(26,27)4/h9,21-22,24-29,33-35H,6-8,10-20,32H2,1-5H3/t22-,24-,25+,26-,27+,28+,29?,30-,31+/m1/s1. The fourth-order valence-corrected chi connectivity index (χ4v) is 9.62. The molecule has 5 N–H and O–H groups in total. The van der Waals surface area contributed by atoms with E-state index in [1.165, 1.54) is 51.4 Å². The lowest BCUT2D eigenvalue weighted by molar-refractivity contribution is -0.0687. The average Bonchev–Trinajstić information content (AvgIpc) is 3.16. The van der Waals surface area contributed by atoms with Crippen molar-refractivity contribution in [3.05, 3.63) is 11.6 Å². The molecule has 0 saturated heterocycles. The van der Waals surface area contributed by atoms with E-state index in [1.807, 2.05) is 0 Å². The fourth-order valence-electron chi connectivity index (χ4n) is 9.62. The molecular formula is C31H57N3O. The van der Waals surface area contributed by atoms with E-state index >= 15 is 0 Å². The van der Waals surface area contributed by atoms with Gasteiger partial charge in [-0.15, -0.1) is 0 Å². The highest BCUT2D eigenvalue weighted by Crippen LogP contribution is 2.67. The molecule has 0 aromatic heterocycles. The van der Waals surface area contributed by atoms with Crippen LogP contribution < -0.4 is 16.4 Å². The Morgan fingerprint density at radius 3 is 2.60 bits per heavy atom. The van der Waals surface area contributed by atoms with Gasteiger partial charge in [0.1, 0.15) is 0 Å². The van der Waals surface area contributed by atoms with Crippen LogP contribution in [0.4, 0.5) is 0 Å². The van der Waals surface area contributed by atoms with Crippen molar-refractivity contribution in [1.82, 2.24) is 10.6 Å². The first-order valence-electron chi connectivity index (χ1n) is 15.2. The van der Waals surface area contributed by atoms with Gasteiger partial charge in [0.2, 0.25) is 0 Å². The monoisotopic (exact) mass is 487 g/mol. The molecular weight excluding hydrogens is 430 g/mol. The highest BCUT2D eigenvalue weighted by atomic mass is 16.3. The number of aliphatic hydroxyl groups excluding tert-OH is 1. The molecule has 0 radical (unpaired) electrons. The van der Waals surface area contributed by atoms with Gasteiger partial charge in [0, 0.05) is 37.6 Å². The van der Waals surface area contributed by atoms with E-state index in [2.05, 4.69) is 51.3 Å². The molecule has 4 rings (SSSR count). The third-order valence-electron chi connectivity index (χ3n) is 11.4. The van der Waals surface area contributed by atoms with Gasteiger partial charge >= 0.3 is 0 Å². The van der Waals surface area contributed by atoms with E-state index in [0.29, 0.717) is 18.0 Å². The third kappa shape index (κ3) is 5.42. The summed E-state index contributed by atoms with van der Waals surface area (Å²) in [5.41, 5.74) is 7.93. The van der Waals surface area contributed by atoms with Crippen LogP contribution in [-0.4, -0.2) is 43.4 Å². The topological polar surface area (TPSA) is 70.3 Å². The minimum Gasteiger partial charge on any atom is -0.393 e. The maximum atomic E-state index is 10.7. The number of hydrogen-bond donors (Lipinski definition) is 4. The smallest absolute Gasteiger partial charge is 0.0592 e. The Morgan fingerprint density at radius 1 is 1.06 bits per heavy atom. The molecule has 9 atom stereocenters. The maximum absolute atomic E-state index is 10.7. The summed E-state index contributed by atoms with van der Waals surface area (Å²) in [4.78, 5) is 0. The Labute approximate surface area is 216 Å². The number of nitrogens with one attached hydrogen (secondary N) is 2. The van der Waals surface area contributed by atoms with Gasteiger partial charge in [-0.1, -0.05) is 65.5 Å². The Kier molecular flexibility index (Phi) is 9.10. The molecule has 3 fully saturated rings. The molecule has 0 bridgehead atoms. The van der Waals surface area contributed by atoms with Gasteiger partial charge in [-0.25, -0.2) is 0 Å². The first kappa shape index (κ1) is 27.6. The highest BCUT2D eigenvalue weighted by Gasteiger charge is 2.60. The van der Waals surface area contributed by atoms with Crippen molar-refractivity contribution in [1.29, 1.82) is 0 Å². The SMILES string of the molecule is CC(C)CCC[C@@H](C)[C@H]1CC[C@H]2[C@@H]3CC=C4C[C@@H](O)CC(NCCNCCN)[C@]4(C)[C@H]3CC[C@]12C. The molecule has 202 valence electrons. The Bertz CT molecular complexity index is 722. The van der Waals surface area contributed by atoms with Crippen LogP contribution in [0, 0.1) is 46.3 Å². The van der Waals surface area contributed by atoms with Crippen LogP contribution >= 0.6 is 0 Å². The van der Waals surface area contributed by atoms with Gasteiger partial charge in [-0.2, -0.15) is 0 Å². The van der Waals surface area contributed by atoms with Gasteiger partial charge < -0.3 is 21.5 Å². The normalized spacial score (nSPS) is 41.8. The van der Waals surface area contributed by atoms with E-state index in [-0.39, 0.29) is 11.5 Å². The Morgan fingerprint density at radius 2 is 1.86 bits per heavy atom. The molecule has 0 aliphatic heterocycles. The number of rotatable bonds is 11. The van der Waals surface area contributed by atoms with E-state index in [4.69, 9.17) is 5.73 Å². The van der Waals surface area contributed by atoms with Crippen LogP contribution in [0.1, 0.15) is 98.8 Å². The van der Waals surface area contributed by atoms with Crippen LogP contribution in [0.15, 0.2) is 11.6 Å². The summed E-state index contributed by atoms with van der Waals surface area (Å²) in [5.74, 6) is 5.08. The molecule has 0 aromatic carbocycles. The molecule has 4 aliphatic carbocycles. The molecule has 35 heavy (non-hydrogen) atoms. The largest absolute Gasteiger partial charge is 0.393 e. The fraction of sp³-hybridized carbons (Fsp3) is 0.935. The lowest BCUT2D eigenvalue weighted by Crippen LogP contribution is -2.60. The van der Waals surface area contributed by atoms with Crippen LogP contribution in [0.3, 0.4) is 0 Å². The van der Waals surface area contributed by atoms with Gasteiger partial charge in [0.25, 0.3) is 0 Å². The summed E-state index contributed by atoms with van der Waals surface area (Å²) in [6.45, 7) is 16.0. The van der Waals surface area contributed by atoms with E-state index in [0.717, 1.165) is 68.0 Å². The first-order valence-corrected chi connectivity index (χ1v) is 15.2. The zero-order chi connectivity index (χ0) is 25.2. The second-order valence-electron chi connectivity index (χ2n) is 13.8. The van der Waals surface area contributed by atoms with Gasteiger partial charge in [0.15, 0.2) is 0 Å². The lowest BCUT2D eigenvalue weighted by Gasteiger charge is -2.60. The van der Waals surface area contributed by atoms with E-state index in [1.54, 1.807) is 5.57 Å².